The fourth-order valence-corrected chi connectivity index (χ4v) is 3.36. The summed E-state index contributed by atoms with van der Waals surface area (Å²) in [7, 11) is 0. The summed E-state index contributed by atoms with van der Waals surface area (Å²) in [5.41, 5.74) is 0.537. The summed E-state index contributed by atoms with van der Waals surface area (Å²) in [5, 5.41) is 0.468. The van der Waals surface area contributed by atoms with Gasteiger partial charge in [0.1, 0.15) is 0 Å². The maximum absolute atomic E-state index is 12.5. The topological polar surface area (TPSA) is 20.3 Å². The van der Waals surface area contributed by atoms with Crippen LogP contribution in [0.3, 0.4) is 0 Å². The molecule has 0 spiro atoms. The summed E-state index contributed by atoms with van der Waals surface area (Å²) in [5.74, 6) is 0.882. The van der Waals surface area contributed by atoms with Gasteiger partial charge in [-0.1, -0.05) is 24.6 Å². The van der Waals surface area contributed by atoms with Gasteiger partial charge >= 0.3 is 0 Å². The molecule has 1 fully saturated rings. The first-order chi connectivity index (χ1) is 8.56. The normalized spacial score (nSPS) is 23.4. The maximum Gasteiger partial charge on any atom is 0.255 e. The van der Waals surface area contributed by atoms with Crippen molar-refractivity contribution < 1.29 is 4.79 Å². The molecule has 5 heteroatoms. The lowest BCUT2D eigenvalue weighted by Gasteiger charge is -2.25. The van der Waals surface area contributed by atoms with Gasteiger partial charge in [-0.05, 0) is 40.4 Å². The second-order valence-electron chi connectivity index (χ2n) is 4.59. The van der Waals surface area contributed by atoms with E-state index in [1.807, 2.05) is 17.0 Å². The number of carbonyl (C=O) groups is 1. The summed E-state index contributed by atoms with van der Waals surface area (Å²) < 4.78 is 0.740. The van der Waals surface area contributed by atoms with Gasteiger partial charge in [0, 0.05) is 22.9 Å². The lowest BCUT2D eigenvalue weighted by Crippen LogP contribution is -2.38. The van der Waals surface area contributed by atoms with Crippen molar-refractivity contribution in [3.8, 4) is 0 Å². The van der Waals surface area contributed by atoms with Crippen LogP contribution >= 0.6 is 39.1 Å². The largest absolute Gasteiger partial charge is 0.334 e. The van der Waals surface area contributed by atoms with Crippen LogP contribution in [-0.2, 0) is 0 Å². The Kier molecular flexibility index (Phi) is 4.57. The fraction of sp³-hybridized carbons (Fsp3) is 0.462. The van der Waals surface area contributed by atoms with E-state index in [0.29, 0.717) is 22.4 Å². The molecular formula is C13H14BrCl2NO. The zero-order valence-electron chi connectivity index (χ0n) is 10.00. The molecule has 2 nitrogen and oxygen atoms in total. The number of hydrogen-bond donors (Lipinski definition) is 0. The smallest absolute Gasteiger partial charge is 0.255 e. The van der Waals surface area contributed by atoms with Crippen LogP contribution < -0.4 is 0 Å². The highest BCUT2D eigenvalue weighted by Gasteiger charge is 2.34. The first-order valence-electron chi connectivity index (χ1n) is 5.87. The number of halogens is 3. The molecule has 1 aliphatic rings. The number of amides is 1. The highest BCUT2D eigenvalue weighted by molar-refractivity contribution is 9.10. The molecular weight excluding hydrogens is 337 g/mol. The molecule has 98 valence electrons. The minimum absolute atomic E-state index is 0.0312. The highest BCUT2D eigenvalue weighted by atomic mass is 79.9. The molecule has 1 aromatic carbocycles. The summed E-state index contributed by atoms with van der Waals surface area (Å²) in [4.78, 5) is 14.3. The molecule has 0 saturated carbocycles. The van der Waals surface area contributed by atoms with Crippen LogP contribution in [0.5, 0.6) is 0 Å². The molecule has 0 aliphatic carbocycles. The number of benzene rings is 1. The van der Waals surface area contributed by atoms with E-state index in [0.717, 1.165) is 17.4 Å². The third kappa shape index (κ3) is 2.54. The molecule has 0 radical (unpaired) electrons. The second-order valence-corrected chi connectivity index (χ2v) is 6.13. The number of rotatable bonds is 2. The first kappa shape index (κ1) is 14.2. The standard InChI is InChI=1S/C13H14BrCl2NO/c1-8-5-6-17(11(8)7-15)13(18)9-3-2-4-10(14)12(9)16/h2-4,8,11H,5-7H2,1H3. The van der Waals surface area contributed by atoms with Crippen molar-refractivity contribution in [2.75, 3.05) is 12.4 Å². The zero-order chi connectivity index (χ0) is 13.3. The Hall–Kier alpha value is -0.250. The van der Waals surface area contributed by atoms with Crippen LogP contribution in [-0.4, -0.2) is 29.3 Å². The minimum Gasteiger partial charge on any atom is -0.334 e. The van der Waals surface area contributed by atoms with Crippen molar-refractivity contribution in [1.82, 2.24) is 4.90 Å². The molecule has 18 heavy (non-hydrogen) atoms. The van der Waals surface area contributed by atoms with Gasteiger partial charge in [0.2, 0.25) is 0 Å². The van der Waals surface area contributed by atoms with E-state index in [2.05, 4.69) is 22.9 Å². The van der Waals surface area contributed by atoms with Crippen LogP contribution in [0.4, 0.5) is 0 Å². The highest BCUT2D eigenvalue weighted by Crippen LogP contribution is 2.31. The average molecular weight is 351 g/mol. The molecule has 1 saturated heterocycles. The Balaban J connectivity index is 2.29. The van der Waals surface area contributed by atoms with Crippen LogP contribution in [0.15, 0.2) is 22.7 Å². The Morgan fingerprint density at radius 1 is 1.56 bits per heavy atom. The van der Waals surface area contributed by atoms with E-state index in [9.17, 15) is 4.79 Å². The molecule has 2 atom stereocenters. The van der Waals surface area contributed by atoms with Gasteiger partial charge in [0.05, 0.1) is 10.6 Å². The Labute approximate surface area is 125 Å². The van der Waals surface area contributed by atoms with E-state index in [-0.39, 0.29) is 11.9 Å². The predicted octanol–water partition coefficient (Wildman–Crippen LogP) is 4.19. The van der Waals surface area contributed by atoms with Crippen molar-refractivity contribution >= 4 is 45.0 Å². The lowest BCUT2D eigenvalue weighted by atomic mass is 10.0. The molecule has 0 aromatic heterocycles. The van der Waals surface area contributed by atoms with Crippen LogP contribution in [0.1, 0.15) is 23.7 Å². The molecule has 1 aromatic rings. The van der Waals surface area contributed by atoms with Crippen molar-refractivity contribution in [3.05, 3.63) is 33.3 Å². The van der Waals surface area contributed by atoms with E-state index < -0.39 is 0 Å². The van der Waals surface area contributed by atoms with E-state index in [1.165, 1.54) is 0 Å². The first-order valence-corrected chi connectivity index (χ1v) is 7.57. The van der Waals surface area contributed by atoms with Crippen LogP contribution in [0.25, 0.3) is 0 Å². The second kappa shape index (κ2) is 5.81. The quantitative estimate of drug-likeness (QED) is 0.732. The number of alkyl halides is 1. The van der Waals surface area contributed by atoms with Gasteiger partial charge in [-0.25, -0.2) is 0 Å². The minimum atomic E-state index is -0.0312. The Morgan fingerprint density at radius 3 is 2.94 bits per heavy atom. The third-order valence-corrected chi connectivity index (χ3v) is 5.10. The van der Waals surface area contributed by atoms with Gasteiger partial charge in [0.15, 0.2) is 0 Å². The average Bonchev–Trinajstić information content (AvgIpc) is 2.73. The van der Waals surface area contributed by atoms with Gasteiger partial charge in [-0.3, -0.25) is 4.79 Å². The molecule has 1 heterocycles. The summed E-state index contributed by atoms with van der Waals surface area (Å²) in [6.07, 6.45) is 0.995. The molecule has 0 N–H and O–H groups in total. The van der Waals surface area contributed by atoms with Gasteiger partial charge in [-0.2, -0.15) is 0 Å². The maximum atomic E-state index is 12.5. The van der Waals surface area contributed by atoms with Crippen molar-refractivity contribution in [2.45, 2.75) is 19.4 Å². The molecule has 2 rings (SSSR count). The Bertz CT molecular complexity index is 466. The van der Waals surface area contributed by atoms with E-state index in [1.54, 1.807) is 6.07 Å². The fourth-order valence-electron chi connectivity index (χ4n) is 2.32. The van der Waals surface area contributed by atoms with Gasteiger partial charge in [0.25, 0.3) is 5.91 Å². The Morgan fingerprint density at radius 2 is 2.28 bits per heavy atom. The monoisotopic (exact) mass is 349 g/mol. The number of nitrogens with zero attached hydrogens (tertiary/aromatic N) is 1. The van der Waals surface area contributed by atoms with Gasteiger partial charge in [-0.15, -0.1) is 11.6 Å². The lowest BCUT2D eigenvalue weighted by molar-refractivity contribution is 0.0737. The van der Waals surface area contributed by atoms with Crippen molar-refractivity contribution in [1.29, 1.82) is 0 Å². The SMILES string of the molecule is CC1CCN(C(=O)c2cccc(Br)c2Cl)C1CCl. The molecule has 0 bridgehead atoms. The summed E-state index contributed by atoms with van der Waals surface area (Å²) in [6.45, 7) is 2.88. The molecule has 1 aliphatic heterocycles. The zero-order valence-corrected chi connectivity index (χ0v) is 13.1. The number of hydrogen-bond acceptors (Lipinski definition) is 1. The molecule has 1 amide bonds. The number of carbonyl (C=O) groups excluding carboxylic acids is 1. The predicted molar refractivity (Wildman–Crippen MR) is 78.5 cm³/mol. The van der Waals surface area contributed by atoms with Gasteiger partial charge < -0.3 is 4.90 Å². The number of likely N-dealkylation sites (tertiary alicyclic amines) is 1. The van der Waals surface area contributed by atoms with Crippen LogP contribution in [0, 0.1) is 5.92 Å². The van der Waals surface area contributed by atoms with E-state index in [4.69, 9.17) is 23.2 Å². The van der Waals surface area contributed by atoms with Crippen molar-refractivity contribution in [3.63, 3.8) is 0 Å². The van der Waals surface area contributed by atoms with Crippen molar-refractivity contribution in [2.24, 2.45) is 5.92 Å². The third-order valence-electron chi connectivity index (χ3n) is 3.48. The molecule has 2 unspecified atom stereocenters. The summed E-state index contributed by atoms with van der Waals surface area (Å²) in [6, 6.07) is 5.50. The summed E-state index contributed by atoms with van der Waals surface area (Å²) >= 11 is 15.5. The van der Waals surface area contributed by atoms with E-state index >= 15 is 0 Å². The van der Waals surface area contributed by atoms with Crippen LogP contribution in [0.2, 0.25) is 5.02 Å².